The second kappa shape index (κ2) is 10.1. The number of hydrogen-bond donors (Lipinski definition) is 3. The summed E-state index contributed by atoms with van der Waals surface area (Å²) in [6, 6.07) is 9.27. The Morgan fingerprint density at radius 1 is 1.24 bits per heavy atom. The molecule has 186 valence electrons. The summed E-state index contributed by atoms with van der Waals surface area (Å²) in [6.07, 6.45) is 10.8. The normalized spacial score (nSPS) is 36.9. The number of nitrogens with one attached hydrogen (secondary N) is 1. The molecule has 0 radical (unpaired) electrons. The molecule has 1 aromatic rings. The summed E-state index contributed by atoms with van der Waals surface area (Å²) >= 11 is 0. The van der Waals surface area contributed by atoms with E-state index >= 15 is 0 Å². The van der Waals surface area contributed by atoms with E-state index in [-0.39, 0.29) is 5.41 Å². The molecule has 1 aromatic carbocycles. The molecule has 4 nitrogen and oxygen atoms in total. The van der Waals surface area contributed by atoms with Gasteiger partial charge in [-0.3, -0.25) is 0 Å². The van der Waals surface area contributed by atoms with Crippen LogP contribution in [0.15, 0.2) is 70.7 Å². The zero-order chi connectivity index (χ0) is 24.5. The Balaban J connectivity index is 1.46. The highest BCUT2D eigenvalue weighted by Crippen LogP contribution is 2.59. The fraction of sp³-hybridized carbons (Fsp3) is 0.586. The van der Waals surface area contributed by atoms with Crippen molar-refractivity contribution < 1.29 is 14.4 Å². The van der Waals surface area contributed by atoms with Gasteiger partial charge in [0.05, 0.1) is 21.9 Å². The number of hydrogen-bond acceptors (Lipinski definition) is 4. The number of aliphatic hydroxyl groups is 2. The second-order valence-electron chi connectivity index (χ2n) is 11.1. The summed E-state index contributed by atoms with van der Waals surface area (Å²) in [6.45, 7) is 8.81. The average molecular weight is 484 g/mol. The Hall–Kier alpha value is -1.69. The molecule has 3 fully saturated rings. The molecular weight excluding hydrogens is 442 g/mol. The van der Waals surface area contributed by atoms with Crippen molar-refractivity contribution >= 4 is 9.73 Å². The van der Waals surface area contributed by atoms with Gasteiger partial charge in [0.1, 0.15) is 0 Å². The van der Waals surface area contributed by atoms with Gasteiger partial charge in [0.25, 0.3) is 0 Å². The van der Waals surface area contributed by atoms with Gasteiger partial charge in [0.15, 0.2) is 0 Å². The van der Waals surface area contributed by atoms with E-state index in [0.29, 0.717) is 41.2 Å². The topological polar surface area (TPSA) is 81.4 Å². The Morgan fingerprint density at radius 3 is 2.71 bits per heavy atom. The highest BCUT2D eigenvalue weighted by Gasteiger charge is 2.50. The molecule has 34 heavy (non-hydrogen) atoms. The molecule has 3 saturated carbocycles. The van der Waals surface area contributed by atoms with Crippen LogP contribution >= 0.6 is 0 Å². The highest BCUT2D eigenvalue weighted by atomic mass is 32.2. The van der Waals surface area contributed by atoms with Crippen LogP contribution < -0.4 is 0 Å². The van der Waals surface area contributed by atoms with Gasteiger partial charge in [0.2, 0.25) is 0 Å². The molecule has 7 atom stereocenters. The molecule has 5 heteroatoms. The van der Waals surface area contributed by atoms with Crippen molar-refractivity contribution in [1.82, 2.24) is 0 Å². The largest absolute Gasteiger partial charge is 0.393 e. The minimum Gasteiger partial charge on any atom is -0.393 e. The number of allylic oxidation sites excluding steroid dienone is 3. The van der Waals surface area contributed by atoms with E-state index in [1.54, 1.807) is 0 Å². The van der Waals surface area contributed by atoms with E-state index < -0.39 is 21.9 Å². The summed E-state index contributed by atoms with van der Waals surface area (Å²) in [7, 11) is -2.75. The minimum absolute atomic E-state index is 0.236. The maximum absolute atomic E-state index is 13.0. The fourth-order valence-electron chi connectivity index (χ4n) is 6.99. The molecule has 0 bridgehead atoms. The minimum atomic E-state index is -2.75. The Morgan fingerprint density at radius 2 is 1.97 bits per heavy atom. The quantitative estimate of drug-likeness (QED) is 0.447. The van der Waals surface area contributed by atoms with Crippen molar-refractivity contribution in [1.29, 1.82) is 4.78 Å². The lowest BCUT2D eigenvalue weighted by atomic mass is 9.61. The maximum atomic E-state index is 13.0. The predicted molar refractivity (Wildman–Crippen MR) is 139 cm³/mol. The molecule has 0 aromatic heterocycles. The van der Waals surface area contributed by atoms with E-state index in [1.165, 1.54) is 31.3 Å². The fourth-order valence-corrected chi connectivity index (χ4v) is 8.53. The van der Waals surface area contributed by atoms with Gasteiger partial charge in [-0.05, 0) is 91.4 Å². The molecule has 0 aliphatic heterocycles. The van der Waals surface area contributed by atoms with Gasteiger partial charge < -0.3 is 10.2 Å². The number of aliphatic hydroxyl groups excluding tert-OH is 2. The van der Waals surface area contributed by atoms with Crippen LogP contribution in [-0.4, -0.2) is 32.4 Å². The van der Waals surface area contributed by atoms with Crippen molar-refractivity contribution in [3.63, 3.8) is 0 Å². The Labute approximate surface area is 205 Å². The molecule has 3 aliphatic carbocycles. The molecular formula is C29H41NO3S. The van der Waals surface area contributed by atoms with Gasteiger partial charge in [-0.1, -0.05) is 56.4 Å². The number of fused-ring (bicyclic) bond motifs is 1. The van der Waals surface area contributed by atoms with Crippen molar-refractivity contribution in [2.24, 2.45) is 23.2 Å². The second-order valence-corrected chi connectivity index (χ2v) is 13.4. The molecule has 1 unspecified atom stereocenters. The molecule has 0 saturated heterocycles. The summed E-state index contributed by atoms with van der Waals surface area (Å²) in [5.74, 6) is 1.99. The predicted octanol–water partition coefficient (Wildman–Crippen LogP) is 6.26. The lowest BCUT2D eigenvalue weighted by Crippen LogP contribution is -2.36. The maximum Gasteiger partial charge on any atom is 0.0811 e. The number of rotatable bonds is 6. The first-order valence-corrected chi connectivity index (χ1v) is 14.6. The number of benzene rings is 1. The van der Waals surface area contributed by atoms with Crippen molar-refractivity contribution in [3.8, 4) is 0 Å². The van der Waals surface area contributed by atoms with Crippen LogP contribution in [0.5, 0.6) is 0 Å². The summed E-state index contributed by atoms with van der Waals surface area (Å²) in [5, 5.41) is 20.2. The Kier molecular flexibility index (Phi) is 7.56. The van der Waals surface area contributed by atoms with Crippen LogP contribution in [0, 0.1) is 27.9 Å². The van der Waals surface area contributed by atoms with E-state index in [4.69, 9.17) is 4.78 Å². The standard InChI is InChI=1S/C29H41NO3S/c1-20(15-17-34(30,33)25-9-5-4-6-10-25)26-13-14-27-22(8-7-16-29(26,27)3)11-12-23-18-24(31)19-28(32)21(23)2/h4-6,9-12,20,24,26-28,30-32H,2,7-8,13-19H2,1,3H3/b22-11+,23-12-/t20-,24-,26-,27+,28+,29-,34?/m1/s1. The van der Waals surface area contributed by atoms with Gasteiger partial charge in [-0.2, -0.15) is 0 Å². The first kappa shape index (κ1) is 25.4. The zero-order valence-corrected chi connectivity index (χ0v) is 21.5. The van der Waals surface area contributed by atoms with E-state index in [2.05, 4.69) is 32.6 Å². The Bertz CT molecular complexity index is 1060. The van der Waals surface area contributed by atoms with Crippen molar-refractivity contribution in [2.45, 2.75) is 82.3 Å². The van der Waals surface area contributed by atoms with Crippen molar-refractivity contribution in [3.05, 3.63) is 65.8 Å². The molecule has 3 aliphatic rings. The molecule has 0 spiro atoms. The SMILES string of the molecule is C=C1/C(=C\C=C2/CCC[C@]3(C)[C@@H]([C@H](C)CCS(=N)(=O)c4ccccc4)CC[C@@H]23)C[C@@H](O)C[C@@H]1O. The average Bonchev–Trinajstić information content (AvgIpc) is 3.17. The van der Waals surface area contributed by atoms with Crippen LogP contribution in [0.25, 0.3) is 0 Å². The van der Waals surface area contributed by atoms with Crippen LogP contribution in [0.4, 0.5) is 0 Å². The molecule has 0 heterocycles. The van der Waals surface area contributed by atoms with Gasteiger partial charge in [-0.15, -0.1) is 0 Å². The summed E-state index contributed by atoms with van der Waals surface area (Å²) in [4.78, 5) is 0.646. The highest BCUT2D eigenvalue weighted by molar-refractivity contribution is 7.92. The third-order valence-electron chi connectivity index (χ3n) is 8.97. The third-order valence-corrected chi connectivity index (χ3v) is 10.8. The van der Waals surface area contributed by atoms with Crippen molar-refractivity contribution in [2.75, 3.05) is 5.75 Å². The molecule has 3 N–H and O–H groups in total. The van der Waals surface area contributed by atoms with E-state index in [0.717, 1.165) is 24.0 Å². The first-order chi connectivity index (χ1) is 16.1. The third kappa shape index (κ3) is 5.12. The van der Waals surface area contributed by atoms with Crippen LogP contribution in [0.1, 0.15) is 65.2 Å². The lowest BCUT2D eigenvalue weighted by molar-refractivity contribution is 0.0861. The van der Waals surface area contributed by atoms with Gasteiger partial charge >= 0.3 is 0 Å². The van der Waals surface area contributed by atoms with Crippen LogP contribution in [0.2, 0.25) is 0 Å². The first-order valence-electron chi connectivity index (χ1n) is 12.9. The molecule has 0 amide bonds. The van der Waals surface area contributed by atoms with E-state index in [1.807, 2.05) is 30.3 Å². The van der Waals surface area contributed by atoms with Gasteiger partial charge in [0, 0.05) is 17.1 Å². The monoisotopic (exact) mass is 483 g/mol. The van der Waals surface area contributed by atoms with E-state index in [9.17, 15) is 14.4 Å². The zero-order valence-electron chi connectivity index (χ0n) is 20.7. The molecule has 4 rings (SSSR count). The lowest BCUT2D eigenvalue weighted by Gasteiger charge is -2.44. The summed E-state index contributed by atoms with van der Waals surface area (Å²) in [5.41, 5.74) is 3.45. The van der Waals surface area contributed by atoms with Crippen LogP contribution in [0.3, 0.4) is 0 Å². The van der Waals surface area contributed by atoms with Gasteiger partial charge in [-0.25, -0.2) is 8.99 Å². The summed E-state index contributed by atoms with van der Waals surface area (Å²) < 4.78 is 21.5. The van der Waals surface area contributed by atoms with Crippen LogP contribution in [-0.2, 0) is 9.73 Å². The smallest absolute Gasteiger partial charge is 0.0811 e.